The second-order valence-electron chi connectivity index (χ2n) is 2.90. The monoisotopic (exact) mass is 221 g/mol. The van der Waals surface area contributed by atoms with E-state index in [2.05, 4.69) is 10.6 Å². The van der Waals surface area contributed by atoms with E-state index in [1.165, 1.54) is 0 Å². The molecule has 1 rings (SSSR count). The lowest BCUT2D eigenvalue weighted by molar-refractivity contribution is 0.233. The van der Waals surface area contributed by atoms with Crippen molar-refractivity contribution < 1.29 is 5.11 Å². The third kappa shape index (κ3) is 4.10. The van der Waals surface area contributed by atoms with Crippen LogP contribution in [0.4, 0.5) is 5.69 Å². The third-order valence-corrected chi connectivity index (χ3v) is 2.08. The summed E-state index contributed by atoms with van der Waals surface area (Å²) in [4.78, 5) is 0. The molecule has 4 heteroatoms. The SMILES string of the molecule is CNC(=S)Nc1cccc(/C=C/C[O])c1. The fourth-order valence-electron chi connectivity index (χ4n) is 1.10. The number of nitrogens with one attached hydrogen (secondary N) is 2. The maximum atomic E-state index is 10.3. The van der Waals surface area contributed by atoms with E-state index in [9.17, 15) is 5.11 Å². The molecule has 0 heterocycles. The standard InChI is InChI=1S/C11H13N2OS/c1-12-11(15)13-10-6-2-4-9(8-10)5-3-7-14/h2-6,8H,7H2,1H3,(H2,12,13,15)/b5-3+. The zero-order valence-corrected chi connectivity index (χ0v) is 9.30. The van der Waals surface area contributed by atoms with Gasteiger partial charge in [-0.25, -0.2) is 5.11 Å². The van der Waals surface area contributed by atoms with Gasteiger partial charge in [-0.15, -0.1) is 0 Å². The third-order valence-electron chi connectivity index (χ3n) is 1.78. The molecule has 0 spiro atoms. The molecular weight excluding hydrogens is 208 g/mol. The predicted octanol–water partition coefficient (Wildman–Crippen LogP) is 2.05. The summed E-state index contributed by atoms with van der Waals surface area (Å²) >= 11 is 4.98. The van der Waals surface area contributed by atoms with Gasteiger partial charge in [-0.2, -0.15) is 0 Å². The minimum atomic E-state index is -0.202. The minimum absolute atomic E-state index is 0.202. The van der Waals surface area contributed by atoms with Gasteiger partial charge >= 0.3 is 0 Å². The van der Waals surface area contributed by atoms with Crippen LogP contribution in [0.25, 0.3) is 6.08 Å². The molecule has 0 aliphatic carbocycles. The predicted molar refractivity (Wildman–Crippen MR) is 66.3 cm³/mol. The molecule has 0 atom stereocenters. The number of benzene rings is 1. The van der Waals surface area contributed by atoms with Gasteiger partial charge in [0.05, 0.1) is 0 Å². The second-order valence-corrected chi connectivity index (χ2v) is 3.31. The number of hydrogen-bond donors (Lipinski definition) is 2. The van der Waals surface area contributed by atoms with Gasteiger partial charge in [-0.1, -0.05) is 24.3 Å². The molecule has 1 radical (unpaired) electrons. The van der Waals surface area contributed by atoms with E-state index < -0.39 is 0 Å². The Hall–Kier alpha value is -1.39. The zero-order chi connectivity index (χ0) is 11.1. The van der Waals surface area contributed by atoms with Crippen molar-refractivity contribution in [2.45, 2.75) is 0 Å². The number of thiocarbonyl (C=S) groups is 1. The van der Waals surface area contributed by atoms with Crippen molar-refractivity contribution in [3.63, 3.8) is 0 Å². The van der Waals surface area contributed by atoms with Gasteiger partial charge in [0.25, 0.3) is 0 Å². The molecule has 15 heavy (non-hydrogen) atoms. The molecule has 0 saturated carbocycles. The Morgan fingerprint density at radius 3 is 3.00 bits per heavy atom. The van der Waals surface area contributed by atoms with Crippen molar-refractivity contribution in [1.82, 2.24) is 5.32 Å². The first kappa shape index (κ1) is 11.7. The molecule has 0 saturated heterocycles. The largest absolute Gasteiger partial charge is 0.366 e. The van der Waals surface area contributed by atoms with Crippen LogP contribution in [0.3, 0.4) is 0 Å². The highest BCUT2D eigenvalue weighted by atomic mass is 32.1. The Balaban J connectivity index is 2.74. The van der Waals surface area contributed by atoms with Crippen LogP contribution >= 0.6 is 12.2 Å². The molecule has 0 unspecified atom stereocenters. The first-order valence-electron chi connectivity index (χ1n) is 4.59. The maximum Gasteiger partial charge on any atom is 0.170 e. The van der Waals surface area contributed by atoms with E-state index in [0.717, 1.165) is 11.3 Å². The molecule has 1 aromatic carbocycles. The van der Waals surface area contributed by atoms with Crippen LogP contribution in [0.15, 0.2) is 30.3 Å². The lowest BCUT2D eigenvalue weighted by atomic mass is 10.2. The molecule has 0 fully saturated rings. The molecule has 2 N–H and O–H groups in total. The summed E-state index contributed by atoms with van der Waals surface area (Å²) < 4.78 is 0. The highest BCUT2D eigenvalue weighted by Gasteiger charge is 1.94. The second kappa shape index (κ2) is 6.16. The molecular formula is C11H13N2OS. The van der Waals surface area contributed by atoms with Gasteiger partial charge in [0, 0.05) is 12.7 Å². The Bertz CT molecular complexity index is 363. The summed E-state index contributed by atoms with van der Waals surface area (Å²) in [6.45, 7) is -0.202. The van der Waals surface area contributed by atoms with Gasteiger partial charge in [0.15, 0.2) is 5.11 Å². The van der Waals surface area contributed by atoms with Crippen LogP contribution in [0.2, 0.25) is 0 Å². The number of rotatable bonds is 3. The first-order chi connectivity index (χ1) is 7.26. The topological polar surface area (TPSA) is 44.0 Å². The van der Waals surface area contributed by atoms with E-state index >= 15 is 0 Å². The Kier molecular flexibility index (Phi) is 4.80. The molecule has 3 nitrogen and oxygen atoms in total. The van der Waals surface area contributed by atoms with Crippen LogP contribution in [0.5, 0.6) is 0 Å². The van der Waals surface area contributed by atoms with Crippen molar-refractivity contribution in [2.75, 3.05) is 19.0 Å². The molecule has 0 aliphatic heterocycles. The summed E-state index contributed by atoms with van der Waals surface area (Å²) in [5.41, 5.74) is 1.89. The first-order valence-corrected chi connectivity index (χ1v) is 5.00. The quantitative estimate of drug-likeness (QED) is 0.768. The maximum absolute atomic E-state index is 10.3. The number of hydrogen-bond acceptors (Lipinski definition) is 1. The average molecular weight is 221 g/mol. The van der Waals surface area contributed by atoms with Crippen LogP contribution in [-0.4, -0.2) is 18.8 Å². The summed E-state index contributed by atoms with van der Waals surface area (Å²) in [5, 5.41) is 16.7. The Morgan fingerprint density at radius 2 is 2.33 bits per heavy atom. The van der Waals surface area contributed by atoms with Gasteiger partial charge in [-0.3, -0.25) is 0 Å². The van der Waals surface area contributed by atoms with Crippen molar-refractivity contribution in [3.05, 3.63) is 35.9 Å². The smallest absolute Gasteiger partial charge is 0.170 e. The van der Waals surface area contributed by atoms with Crippen molar-refractivity contribution in [1.29, 1.82) is 0 Å². The lowest BCUT2D eigenvalue weighted by Gasteiger charge is -2.07. The van der Waals surface area contributed by atoms with Gasteiger partial charge in [0.2, 0.25) is 0 Å². The van der Waals surface area contributed by atoms with E-state index in [-0.39, 0.29) is 6.61 Å². The fourth-order valence-corrected chi connectivity index (χ4v) is 1.22. The molecule has 1 aromatic rings. The molecule has 0 bridgehead atoms. The van der Waals surface area contributed by atoms with E-state index in [4.69, 9.17) is 12.2 Å². The Morgan fingerprint density at radius 1 is 1.53 bits per heavy atom. The average Bonchev–Trinajstić information content (AvgIpc) is 2.26. The summed E-state index contributed by atoms with van der Waals surface area (Å²) in [7, 11) is 1.76. The van der Waals surface area contributed by atoms with E-state index in [0.29, 0.717) is 5.11 Å². The van der Waals surface area contributed by atoms with Crippen molar-refractivity contribution in [3.8, 4) is 0 Å². The molecule has 0 aromatic heterocycles. The molecule has 0 aliphatic rings. The normalized spacial score (nSPS) is 10.3. The van der Waals surface area contributed by atoms with Crippen LogP contribution in [0, 0.1) is 0 Å². The molecule has 0 amide bonds. The fraction of sp³-hybridized carbons (Fsp3) is 0.182. The van der Waals surface area contributed by atoms with Crippen LogP contribution < -0.4 is 10.6 Å². The van der Waals surface area contributed by atoms with E-state index in [1.807, 2.05) is 24.3 Å². The number of anilines is 1. The Labute approximate surface area is 94.8 Å². The van der Waals surface area contributed by atoms with Crippen molar-refractivity contribution >= 4 is 29.1 Å². The van der Waals surface area contributed by atoms with Crippen LogP contribution in [0.1, 0.15) is 5.56 Å². The van der Waals surface area contributed by atoms with Crippen LogP contribution in [-0.2, 0) is 5.11 Å². The summed E-state index contributed by atoms with van der Waals surface area (Å²) in [6, 6.07) is 7.68. The highest BCUT2D eigenvalue weighted by Crippen LogP contribution is 2.11. The lowest BCUT2D eigenvalue weighted by Crippen LogP contribution is -2.24. The van der Waals surface area contributed by atoms with Gasteiger partial charge in [-0.05, 0) is 29.9 Å². The van der Waals surface area contributed by atoms with E-state index in [1.54, 1.807) is 19.2 Å². The van der Waals surface area contributed by atoms with Gasteiger partial charge < -0.3 is 10.6 Å². The summed E-state index contributed by atoms with van der Waals surface area (Å²) in [6.07, 6.45) is 3.37. The molecule has 79 valence electrons. The van der Waals surface area contributed by atoms with Gasteiger partial charge in [0.1, 0.15) is 6.61 Å². The summed E-state index contributed by atoms with van der Waals surface area (Å²) in [5.74, 6) is 0. The minimum Gasteiger partial charge on any atom is -0.366 e. The highest BCUT2D eigenvalue weighted by molar-refractivity contribution is 7.80. The zero-order valence-electron chi connectivity index (χ0n) is 8.49. The van der Waals surface area contributed by atoms with Crippen molar-refractivity contribution in [2.24, 2.45) is 0 Å².